The molecule has 1 heterocycles. The van der Waals surface area contributed by atoms with Crippen LogP contribution in [0, 0.1) is 5.82 Å². The minimum absolute atomic E-state index is 0.0770. The summed E-state index contributed by atoms with van der Waals surface area (Å²) >= 11 is 5.80. The average Bonchev–Trinajstić information content (AvgIpc) is 2.60. The molecule has 0 unspecified atom stereocenters. The summed E-state index contributed by atoms with van der Waals surface area (Å²) in [5.41, 5.74) is 7.45. The highest BCUT2D eigenvalue weighted by molar-refractivity contribution is 6.31. The quantitative estimate of drug-likeness (QED) is 0.947. The minimum atomic E-state index is -0.437. The van der Waals surface area contributed by atoms with E-state index in [9.17, 15) is 4.39 Å². The molecular weight excluding hydrogens is 279 g/mol. The third-order valence-electron chi connectivity index (χ3n) is 4.51. The number of nitrogen functional groups attached to an aromatic ring is 1. The standard InChI is InChI=1S/C14H18ClFN4/c1-19(2)14(4-3-5-14)8-20-12-7-10(16)9(15)6-11(12)18-13(20)17/h6-7H,3-5,8H2,1-2H3,(H2,17,18). The molecule has 108 valence electrons. The van der Waals surface area contributed by atoms with Gasteiger partial charge in [0.05, 0.1) is 16.1 Å². The Morgan fingerprint density at radius 2 is 2.15 bits per heavy atom. The Morgan fingerprint density at radius 3 is 2.70 bits per heavy atom. The monoisotopic (exact) mass is 296 g/mol. The lowest BCUT2D eigenvalue weighted by molar-refractivity contribution is 0.0440. The SMILES string of the molecule is CN(C)C1(Cn2c(N)nc3cc(Cl)c(F)cc32)CCC1. The van der Waals surface area contributed by atoms with Gasteiger partial charge in [-0.15, -0.1) is 0 Å². The van der Waals surface area contributed by atoms with Crippen LogP contribution in [0.4, 0.5) is 10.3 Å². The summed E-state index contributed by atoms with van der Waals surface area (Å²) in [7, 11) is 4.15. The van der Waals surface area contributed by atoms with Crippen LogP contribution in [-0.4, -0.2) is 34.1 Å². The van der Waals surface area contributed by atoms with Crippen molar-refractivity contribution < 1.29 is 4.39 Å². The molecule has 4 nitrogen and oxygen atoms in total. The molecule has 0 saturated heterocycles. The molecule has 20 heavy (non-hydrogen) atoms. The normalized spacial score (nSPS) is 17.6. The maximum Gasteiger partial charge on any atom is 0.201 e. The summed E-state index contributed by atoms with van der Waals surface area (Å²) in [4.78, 5) is 6.52. The van der Waals surface area contributed by atoms with E-state index in [1.807, 2.05) is 4.57 Å². The summed E-state index contributed by atoms with van der Waals surface area (Å²) in [6.07, 6.45) is 3.45. The zero-order valence-corrected chi connectivity index (χ0v) is 12.4. The fraction of sp³-hybridized carbons (Fsp3) is 0.500. The van der Waals surface area contributed by atoms with Gasteiger partial charge in [-0.3, -0.25) is 0 Å². The first-order valence-electron chi connectivity index (χ1n) is 6.71. The number of halogens is 2. The van der Waals surface area contributed by atoms with E-state index in [0.717, 1.165) is 19.4 Å². The van der Waals surface area contributed by atoms with Crippen molar-refractivity contribution in [1.82, 2.24) is 14.5 Å². The lowest BCUT2D eigenvalue weighted by Crippen LogP contribution is -2.53. The molecule has 2 aromatic rings. The van der Waals surface area contributed by atoms with E-state index in [1.54, 1.807) is 0 Å². The number of likely N-dealkylation sites (N-methyl/N-ethyl adjacent to an activating group) is 1. The number of hydrogen-bond acceptors (Lipinski definition) is 3. The Labute approximate surface area is 122 Å². The van der Waals surface area contributed by atoms with Crippen LogP contribution in [0.1, 0.15) is 19.3 Å². The number of benzene rings is 1. The van der Waals surface area contributed by atoms with Crippen LogP contribution in [0.2, 0.25) is 5.02 Å². The molecule has 6 heteroatoms. The van der Waals surface area contributed by atoms with Crippen LogP contribution in [0.3, 0.4) is 0 Å². The molecule has 1 saturated carbocycles. The van der Waals surface area contributed by atoms with Crippen molar-refractivity contribution in [3.05, 3.63) is 23.0 Å². The molecule has 0 radical (unpaired) electrons. The van der Waals surface area contributed by atoms with Crippen molar-refractivity contribution in [3.63, 3.8) is 0 Å². The van der Waals surface area contributed by atoms with Crippen LogP contribution in [-0.2, 0) is 6.54 Å². The van der Waals surface area contributed by atoms with Gasteiger partial charge in [0.15, 0.2) is 0 Å². The number of anilines is 1. The minimum Gasteiger partial charge on any atom is -0.369 e. The van der Waals surface area contributed by atoms with Gasteiger partial charge in [0.2, 0.25) is 5.95 Å². The fourth-order valence-electron chi connectivity index (χ4n) is 2.93. The van der Waals surface area contributed by atoms with E-state index >= 15 is 0 Å². The van der Waals surface area contributed by atoms with Crippen molar-refractivity contribution in [1.29, 1.82) is 0 Å². The number of nitrogens with two attached hydrogens (primary N) is 1. The first-order valence-corrected chi connectivity index (χ1v) is 7.09. The van der Waals surface area contributed by atoms with Gasteiger partial charge in [-0.1, -0.05) is 11.6 Å². The van der Waals surface area contributed by atoms with Gasteiger partial charge in [-0.05, 0) is 39.4 Å². The van der Waals surface area contributed by atoms with Crippen LogP contribution >= 0.6 is 11.6 Å². The molecule has 0 bridgehead atoms. The molecule has 3 rings (SSSR count). The highest BCUT2D eigenvalue weighted by atomic mass is 35.5. The third-order valence-corrected chi connectivity index (χ3v) is 4.79. The molecule has 1 aromatic heterocycles. The Kier molecular flexibility index (Phi) is 3.14. The van der Waals surface area contributed by atoms with E-state index in [-0.39, 0.29) is 10.6 Å². The molecule has 1 aliphatic rings. The van der Waals surface area contributed by atoms with Crippen LogP contribution in [0.15, 0.2) is 12.1 Å². The van der Waals surface area contributed by atoms with Gasteiger partial charge in [0.25, 0.3) is 0 Å². The molecule has 0 atom stereocenters. The molecule has 0 spiro atoms. The maximum absolute atomic E-state index is 13.7. The zero-order valence-electron chi connectivity index (χ0n) is 11.7. The molecule has 2 N–H and O–H groups in total. The summed E-state index contributed by atoms with van der Waals surface area (Å²) < 4.78 is 15.6. The first kappa shape index (κ1) is 13.6. The second-order valence-electron chi connectivity index (χ2n) is 5.78. The number of fused-ring (bicyclic) bond motifs is 1. The number of imidazole rings is 1. The van der Waals surface area contributed by atoms with Crippen LogP contribution in [0.25, 0.3) is 11.0 Å². The van der Waals surface area contributed by atoms with Crippen LogP contribution in [0.5, 0.6) is 0 Å². The number of rotatable bonds is 3. The maximum atomic E-state index is 13.7. The predicted octanol–water partition coefficient (Wildman–Crippen LogP) is 2.90. The molecule has 1 fully saturated rings. The largest absolute Gasteiger partial charge is 0.369 e. The predicted molar refractivity (Wildman–Crippen MR) is 79.4 cm³/mol. The van der Waals surface area contributed by atoms with Gasteiger partial charge in [0.1, 0.15) is 5.82 Å². The third kappa shape index (κ3) is 1.96. The van der Waals surface area contributed by atoms with Crippen molar-refractivity contribution in [2.75, 3.05) is 19.8 Å². The topological polar surface area (TPSA) is 47.1 Å². The van der Waals surface area contributed by atoms with Gasteiger partial charge in [-0.2, -0.15) is 0 Å². The lowest BCUT2D eigenvalue weighted by atomic mass is 9.75. The van der Waals surface area contributed by atoms with E-state index < -0.39 is 5.82 Å². The lowest BCUT2D eigenvalue weighted by Gasteiger charge is -2.47. The molecular formula is C14H18ClFN4. The molecule has 1 aromatic carbocycles. The van der Waals surface area contributed by atoms with Crippen molar-refractivity contribution in [2.45, 2.75) is 31.3 Å². The van der Waals surface area contributed by atoms with E-state index in [2.05, 4.69) is 24.0 Å². The van der Waals surface area contributed by atoms with Crippen LogP contribution < -0.4 is 5.73 Å². The summed E-state index contributed by atoms with van der Waals surface area (Å²) in [5.74, 6) is -0.0254. The molecule has 0 amide bonds. The Hall–Kier alpha value is -1.33. The number of aromatic nitrogens is 2. The van der Waals surface area contributed by atoms with Crippen molar-refractivity contribution >= 4 is 28.6 Å². The first-order chi connectivity index (χ1) is 9.43. The Bertz CT molecular complexity index is 661. The Balaban J connectivity index is 2.07. The van der Waals surface area contributed by atoms with Gasteiger partial charge >= 0.3 is 0 Å². The van der Waals surface area contributed by atoms with E-state index in [1.165, 1.54) is 18.6 Å². The smallest absolute Gasteiger partial charge is 0.201 e. The number of hydrogen-bond donors (Lipinski definition) is 1. The highest BCUT2D eigenvalue weighted by Crippen LogP contribution is 2.39. The Morgan fingerprint density at radius 1 is 1.45 bits per heavy atom. The summed E-state index contributed by atoms with van der Waals surface area (Å²) in [6.45, 7) is 0.726. The summed E-state index contributed by atoms with van der Waals surface area (Å²) in [5, 5.41) is 0.0770. The van der Waals surface area contributed by atoms with Crippen molar-refractivity contribution in [3.8, 4) is 0 Å². The highest BCUT2D eigenvalue weighted by Gasteiger charge is 2.40. The number of nitrogens with zero attached hydrogens (tertiary/aromatic N) is 3. The fourth-order valence-corrected chi connectivity index (χ4v) is 3.09. The van der Waals surface area contributed by atoms with Gasteiger partial charge in [0, 0.05) is 18.2 Å². The van der Waals surface area contributed by atoms with E-state index in [0.29, 0.717) is 17.0 Å². The van der Waals surface area contributed by atoms with Gasteiger partial charge in [-0.25, -0.2) is 9.37 Å². The van der Waals surface area contributed by atoms with Gasteiger partial charge < -0.3 is 15.2 Å². The van der Waals surface area contributed by atoms with E-state index in [4.69, 9.17) is 17.3 Å². The zero-order chi connectivity index (χ0) is 14.5. The second-order valence-corrected chi connectivity index (χ2v) is 6.19. The molecule has 0 aliphatic heterocycles. The molecule has 1 aliphatic carbocycles. The van der Waals surface area contributed by atoms with Crippen molar-refractivity contribution in [2.24, 2.45) is 0 Å². The summed E-state index contributed by atoms with van der Waals surface area (Å²) in [6, 6.07) is 2.95. The second kappa shape index (κ2) is 4.60. The average molecular weight is 297 g/mol.